The maximum absolute atomic E-state index is 5.38. The smallest absolute Gasteiger partial charge is 0.222 e. The van der Waals surface area contributed by atoms with Gasteiger partial charge in [0.2, 0.25) is 5.82 Å². The van der Waals surface area contributed by atoms with E-state index < -0.39 is 0 Å². The molecule has 0 spiro atoms. The highest BCUT2D eigenvalue weighted by atomic mass is 15.2. The molecule has 33 heavy (non-hydrogen) atoms. The van der Waals surface area contributed by atoms with Crippen LogP contribution in [0.15, 0.2) is 30.3 Å². The first-order valence-corrected chi connectivity index (χ1v) is 12.9. The van der Waals surface area contributed by atoms with E-state index in [9.17, 15) is 0 Å². The lowest BCUT2D eigenvalue weighted by Crippen LogP contribution is -2.35. The van der Waals surface area contributed by atoms with Crippen molar-refractivity contribution in [2.24, 2.45) is 0 Å². The summed E-state index contributed by atoms with van der Waals surface area (Å²) in [7, 11) is 0. The van der Waals surface area contributed by atoms with E-state index in [4.69, 9.17) is 4.98 Å². The highest BCUT2D eigenvalue weighted by molar-refractivity contribution is 5.97. The first-order chi connectivity index (χ1) is 15.6. The number of aromatic nitrogens is 3. The first kappa shape index (κ1) is 23.7. The lowest BCUT2D eigenvalue weighted by atomic mass is 9.72. The van der Waals surface area contributed by atoms with Gasteiger partial charge in [-0.3, -0.25) is 0 Å². The SMILES string of the molecule is CCC[n+]1c2cc(C)c(C)cc2n2c(C(C)(C)C)nc3cccc(C(CC)(CC)CC)c3c21. The molecule has 2 aromatic carbocycles. The van der Waals surface area contributed by atoms with Gasteiger partial charge in [-0.05, 0) is 79.8 Å². The Kier molecular flexibility index (Phi) is 6.05. The third-order valence-electron chi connectivity index (χ3n) is 8.01. The van der Waals surface area contributed by atoms with E-state index in [2.05, 4.69) is 102 Å². The van der Waals surface area contributed by atoms with Crippen LogP contribution in [0.1, 0.15) is 96.7 Å². The van der Waals surface area contributed by atoms with Gasteiger partial charge in [-0.2, -0.15) is 4.40 Å². The summed E-state index contributed by atoms with van der Waals surface area (Å²) in [6, 6.07) is 11.6. The Morgan fingerprint density at radius 2 is 1.55 bits per heavy atom. The van der Waals surface area contributed by atoms with Crippen molar-refractivity contribution < 1.29 is 4.57 Å². The van der Waals surface area contributed by atoms with Crippen molar-refractivity contribution in [1.82, 2.24) is 9.38 Å². The van der Waals surface area contributed by atoms with E-state index in [0.717, 1.165) is 43.6 Å². The molecule has 2 aromatic heterocycles. The minimum atomic E-state index is -0.0748. The number of aryl methyl sites for hydroxylation is 3. The zero-order valence-electron chi connectivity index (χ0n) is 22.3. The van der Waals surface area contributed by atoms with Crippen molar-refractivity contribution in [1.29, 1.82) is 0 Å². The third-order valence-corrected chi connectivity index (χ3v) is 8.01. The maximum atomic E-state index is 5.38. The molecule has 0 saturated heterocycles. The second-order valence-electron chi connectivity index (χ2n) is 11.0. The fourth-order valence-electron chi connectivity index (χ4n) is 5.74. The highest BCUT2D eigenvalue weighted by Gasteiger charge is 2.36. The number of hydrogen-bond acceptors (Lipinski definition) is 1. The summed E-state index contributed by atoms with van der Waals surface area (Å²) < 4.78 is 5.07. The molecule has 0 aliphatic heterocycles. The fraction of sp³-hybridized carbons (Fsp3) is 0.533. The third kappa shape index (κ3) is 3.55. The lowest BCUT2D eigenvalue weighted by molar-refractivity contribution is -0.645. The number of benzene rings is 2. The molecule has 4 aromatic rings. The summed E-state index contributed by atoms with van der Waals surface area (Å²) in [6.45, 7) is 21.7. The Morgan fingerprint density at radius 3 is 2.12 bits per heavy atom. The summed E-state index contributed by atoms with van der Waals surface area (Å²) in [5.41, 5.74) is 9.30. The molecule has 0 unspecified atom stereocenters. The van der Waals surface area contributed by atoms with Gasteiger partial charge in [-0.1, -0.05) is 60.6 Å². The van der Waals surface area contributed by atoms with E-state index in [1.165, 1.54) is 38.8 Å². The molecule has 2 heterocycles. The van der Waals surface area contributed by atoms with E-state index in [-0.39, 0.29) is 10.8 Å². The molecule has 0 aliphatic rings. The summed E-state index contributed by atoms with van der Waals surface area (Å²) in [5.74, 6) is 1.14. The predicted molar refractivity (Wildman–Crippen MR) is 141 cm³/mol. The van der Waals surface area contributed by atoms with Gasteiger partial charge in [0.25, 0.3) is 5.65 Å². The minimum absolute atomic E-state index is 0.0748. The summed E-state index contributed by atoms with van der Waals surface area (Å²) in [5, 5.41) is 1.34. The Labute approximate surface area is 199 Å². The first-order valence-electron chi connectivity index (χ1n) is 12.9. The van der Waals surface area contributed by atoms with Crippen LogP contribution in [0.4, 0.5) is 0 Å². The van der Waals surface area contributed by atoms with Gasteiger partial charge in [-0.25, -0.2) is 9.55 Å². The van der Waals surface area contributed by atoms with E-state index >= 15 is 0 Å². The number of nitrogens with zero attached hydrogens (tertiary/aromatic N) is 3. The molecular formula is C30H42N3+. The molecule has 0 fully saturated rings. The van der Waals surface area contributed by atoms with Crippen molar-refractivity contribution in [3.05, 3.63) is 52.8 Å². The van der Waals surface area contributed by atoms with Crippen molar-refractivity contribution in [3.8, 4) is 0 Å². The van der Waals surface area contributed by atoms with Crippen LogP contribution in [0.2, 0.25) is 0 Å². The van der Waals surface area contributed by atoms with Crippen molar-refractivity contribution >= 4 is 27.6 Å². The van der Waals surface area contributed by atoms with Crippen molar-refractivity contribution in [2.45, 2.75) is 105 Å². The largest absolute Gasteiger partial charge is 0.298 e. The quantitative estimate of drug-likeness (QED) is 0.279. The van der Waals surface area contributed by atoms with Crippen LogP contribution in [-0.2, 0) is 17.4 Å². The van der Waals surface area contributed by atoms with E-state index in [1.807, 2.05) is 0 Å². The molecule has 4 rings (SSSR count). The average molecular weight is 445 g/mol. The van der Waals surface area contributed by atoms with Gasteiger partial charge < -0.3 is 0 Å². The Bertz CT molecular complexity index is 1320. The zero-order chi connectivity index (χ0) is 24.1. The second kappa shape index (κ2) is 8.42. The van der Waals surface area contributed by atoms with Gasteiger partial charge in [0.15, 0.2) is 11.0 Å². The molecule has 0 bridgehead atoms. The molecule has 176 valence electrons. The Hall–Kier alpha value is -2.42. The summed E-state index contributed by atoms with van der Waals surface area (Å²) in [6.07, 6.45) is 4.51. The van der Waals surface area contributed by atoms with Gasteiger partial charge in [0.05, 0.1) is 17.4 Å². The number of fused-ring (bicyclic) bond motifs is 5. The van der Waals surface area contributed by atoms with Crippen molar-refractivity contribution in [2.75, 3.05) is 0 Å². The molecule has 0 atom stereocenters. The Balaban J connectivity index is 2.38. The van der Waals surface area contributed by atoms with Crippen LogP contribution in [-0.4, -0.2) is 9.38 Å². The van der Waals surface area contributed by atoms with Crippen LogP contribution in [0.25, 0.3) is 27.6 Å². The molecule has 0 N–H and O–H groups in total. The standard InChI is InChI=1S/C30H42N3/c1-10-17-32-24-18-20(5)21(6)19-25(24)33-27(32)26-22(30(11-2,12-3)13-4)15-14-16-23(26)31-28(33)29(7,8)9/h14-16,18-19H,10-13,17H2,1-9H3/q+1. The highest BCUT2D eigenvalue weighted by Crippen LogP contribution is 2.41. The molecule has 0 radical (unpaired) electrons. The number of imidazole rings is 1. The van der Waals surface area contributed by atoms with Crippen molar-refractivity contribution in [3.63, 3.8) is 0 Å². The van der Waals surface area contributed by atoms with Gasteiger partial charge in [0.1, 0.15) is 0 Å². The maximum Gasteiger partial charge on any atom is 0.298 e. The van der Waals surface area contributed by atoms with Crippen LogP contribution in [0.5, 0.6) is 0 Å². The minimum Gasteiger partial charge on any atom is -0.222 e. The molecule has 3 heteroatoms. The number of rotatable bonds is 6. The molecule has 0 amide bonds. The topological polar surface area (TPSA) is 21.2 Å². The van der Waals surface area contributed by atoms with E-state index in [1.54, 1.807) is 0 Å². The molecule has 0 saturated carbocycles. The van der Waals surface area contributed by atoms with Gasteiger partial charge in [0, 0.05) is 5.41 Å². The van der Waals surface area contributed by atoms with E-state index in [0.29, 0.717) is 0 Å². The number of hydrogen-bond donors (Lipinski definition) is 0. The molecule has 0 aliphatic carbocycles. The predicted octanol–water partition coefficient (Wildman–Crippen LogP) is 7.72. The van der Waals surface area contributed by atoms with Crippen LogP contribution < -0.4 is 4.57 Å². The fourth-order valence-corrected chi connectivity index (χ4v) is 5.74. The van der Waals surface area contributed by atoms with Crippen LogP contribution in [0, 0.1) is 13.8 Å². The zero-order valence-corrected chi connectivity index (χ0v) is 22.3. The van der Waals surface area contributed by atoms with Gasteiger partial charge >= 0.3 is 0 Å². The normalized spacial score (nSPS) is 13.0. The molecule has 3 nitrogen and oxygen atoms in total. The summed E-state index contributed by atoms with van der Waals surface area (Å²) in [4.78, 5) is 5.38. The lowest BCUT2D eigenvalue weighted by Gasteiger charge is -2.32. The second-order valence-corrected chi connectivity index (χ2v) is 11.0. The average Bonchev–Trinajstić information content (AvgIpc) is 3.08. The van der Waals surface area contributed by atoms with Crippen LogP contribution >= 0.6 is 0 Å². The molecular weight excluding hydrogens is 402 g/mol. The van der Waals surface area contributed by atoms with Gasteiger partial charge in [-0.15, -0.1) is 0 Å². The summed E-state index contributed by atoms with van der Waals surface area (Å²) >= 11 is 0. The monoisotopic (exact) mass is 444 g/mol. The Morgan fingerprint density at radius 1 is 0.909 bits per heavy atom. The van der Waals surface area contributed by atoms with Crippen LogP contribution in [0.3, 0.4) is 0 Å².